The van der Waals surface area contributed by atoms with E-state index in [0.717, 1.165) is 25.3 Å². The Hall–Kier alpha value is -3.91. The maximum Gasteiger partial charge on any atom is 0.239 e. The zero-order chi connectivity index (χ0) is 32.9. The SMILES string of the molecule is COc1c(O)cc2oc(-c3ccc(O)c(O)c3)c(O[C@@H]3O[C@@H](CO[C@@H]4O[C@@H](C)[C@H](O)[C@H](O)[C@@H]4O)[C@@H](O)[C@@H](O)[C@@H]3O)c(=O)c2c1O. The molecule has 2 aliphatic heterocycles. The second-order valence-corrected chi connectivity index (χ2v) is 10.6. The zero-order valence-corrected chi connectivity index (χ0v) is 23.6. The Labute approximate surface area is 252 Å². The minimum atomic E-state index is -2.00. The van der Waals surface area contributed by atoms with E-state index in [4.69, 9.17) is 28.1 Å². The quantitative estimate of drug-likeness (QED) is 0.129. The lowest BCUT2D eigenvalue weighted by molar-refractivity contribution is -0.318. The number of ether oxygens (including phenoxy) is 5. The van der Waals surface area contributed by atoms with Gasteiger partial charge in [0.05, 0.1) is 19.8 Å². The number of aliphatic hydroxyl groups excluding tert-OH is 6. The van der Waals surface area contributed by atoms with Gasteiger partial charge in [-0.3, -0.25) is 4.79 Å². The molecule has 3 aromatic rings. The lowest BCUT2D eigenvalue weighted by atomic mass is 9.98. The fourth-order valence-corrected chi connectivity index (χ4v) is 5.06. The second-order valence-electron chi connectivity index (χ2n) is 10.6. The Morgan fingerprint density at radius 1 is 0.756 bits per heavy atom. The Bertz CT molecular complexity index is 1610. The molecule has 5 rings (SSSR count). The number of aromatic hydroxyl groups is 4. The molecule has 0 unspecified atom stereocenters. The van der Waals surface area contributed by atoms with Gasteiger partial charge in [-0.1, -0.05) is 0 Å². The summed E-state index contributed by atoms with van der Waals surface area (Å²) in [5, 5.41) is 102. The van der Waals surface area contributed by atoms with Crippen LogP contribution < -0.4 is 14.9 Å². The predicted molar refractivity (Wildman–Crippen MR) is 147 cm³/mol. The summed E-state index contributed by atoms with van der Waals surface area (Å²) >= 11 is 0. The molecule has 2 aliphatic rings. The molecule has 2 aromatic carbocycles. The van der Waals surface area contributed by atoms with Crippen molar-refractivity contribution < 1.29 is 79.2 Å². The minimum Gasteiger partial charge on any atom is -0.504 e. The van der Waals surface area contributed by atoms with Crippen LogP contribution in [0, 0.1) is 0 Å². The van der Waals surface area contributed by atoms with Gasteiger partial charge in [0.1, 0.15) is 53.7 Å². The number of rotatable bonds is 7. The van der Waals surface area contributed by atoms with Crippen LogP contribution >= 0.6 is 0 Å². The molecular weight excluding hydrogens is 608 g/mol. The highest BCUT2D eigenvalue weighted by molar-refractivity contribution is 5.91. The fraction of sp³-hybridized carbons (Fsp3) is 0.464. The van der Waals surface area contributed by atoms with Gasteiger partial charge in [0, 0.05) is 11.6 Å². The minimum absolute atomic E-state index is 0.0573. The van der Waals surface area contributed by atoms with Gasteiger partial charge in [-0.05, 0) is 25.1 Å². The van der Waals surface area contributed by atoms with Crippen molar-refractivity contribution >= 4 is 11.0 Å². The summed E-state index contributed by atoms with van der Waals surface area (Å²) in [6.07, 6.45) is -16.3. The van der Waals surface area contributed by atoms with E-state index in [-0.39, 0.29) is 11.1 Å². The Morgan fingerprint density at radius 2 is 1.42 bits per heavy atom. The van der Waals surface area contributed by atoms with E-state index in [1.54, 1.807) is 0 Å². The van der Waals surface area contributed by atoms with Gasteiger partial charge in [0.15, 0.2) is 35.0 Å². The zero-order valence-electron chi connectivity index (χ0n) is 23.6. The Kier molecular flexibility index (Phi) is 9.00. The largest absolute Gasteiger partial charge is 0.504 e. The summed E-state index contributed by atoms with van der Waals surface area (Å²) in [4.78, 5) is 13.8. The Morgan fingerprint density at radius 3 is 2.09 bits per heavy atom. The molecule has 0 bridgehead atoms. The van der Waals surface area contributed by atoms with Crippen LogP contribution in [0.1, 0.15) is 6.92 Å². The van der Waals surface area contributed by atoms with E-state index in [9.17, 15) is 55.9 Å². The third kappa shape index (κ3) is 5.81. The van der Waals surface area contributed by atoms with Crippen molar-refractivity contribution in [3.63, 3.8) is 0 Å². The topological polar surface area (TPSA) is 279 Å². The standard InChI is InChI=1S/C28H32O17/c1-8-16(32)20(36)22(38)27(42-8)41-7-14-17(33)21(37)23(39)28(44-14)45-26-19(35)15-13(6-12(31)25(40-2)18(15)34)43-24(26)9-3-4-10(29)11(30)5-9/h3-6,8,14,16-17,20-23,27-34,36-39H,7H2,1-2H3/t8-,14-,16-,17+,20-,21+,22-,23-,27+,28-/m0/s1. The normalized spacial score (nSPS) is 32.0. The molecule has 17 nitrogen and oxygen atoms in total. The van der Waals surface area contributed by atoms with Crippen molar-refractivity contribution in [3.05, 3.63) is 34.5 Å². The molecule has 1 aromatic heterocycles. The third-order valence-electron chi connectivity index (χ3n) is 7.63. The maximum atomic E-state index is 13.8. The number of fused-ring (bicyclic) bond motifs is 1. The molecule has 17 heteroatoms. The van der Waals surface area contributed by atoms with Crippen molar-refractivity contribution in [2.75, 3.05) is 13.7 Å². The van der Waals surface area contributed by atoms with Crippen molar-refractivity contribution in [1.82, 2.24) is 0 Å². The number of hydrogen-bond acceptors (Lipinski definition) is 17. The lowest BCUT2D eigenvalue weighted by Gasteiger charge is -2.42. The first kappa shape index (κ1) is 32.5. The Balaban J connectivity index is 1.51. The first-order valence-electron chi connectivity index (χ1n) is 13.5. The lowest BCUT2D eigenvalue weighted by Crippen LogP contribution is -2.61. The van der Waals surface area contributed by atoms with Gasteiger partial charge in [0.2, 0.25) is 23.2 Å². The van der Waals surface area contributed by atoms with Crippen LogP contribution in [0.15, 0.2) is 33.5 Å². The molecule has 0 aliphatic carbocycles. The number of phenols is 4. The van der Waals surface area contributed by atoms with Gasteiger partial charge in [-0.25, -0.2) is 0 Å². The fourth-order valence-electron chi connectivity index (χ4n) is 5.06. The smallest absolute Gasteiger partial charge is 0.239 e. The first-order valence-corrected chi connectivity index (χ1v) is 13.5. The van der Waals surface area contributed by atoms with E-state index >= 15 is 0 Å². The molecule has 3 heterocycles. The molecule has 2 saturated heterocycles. The van der Waals surface area contributed by atoms with E-state index < -0.39 is 119 Å². The summed E-state index contributed by atoms with van der Waals surface area (Å²) < 4.78 is 32.9. The van der Waals surface area contributed by atoms with Gasteiger partial charge >= 0.3 is 0 Å². The van der Waals surface area contributed by atoms with Crippen molar-refractivity contribution in [1.29, 1.82) is 0 Å². The highest BCUT2D eigenvalue weighted by Gasteiger charge is 2.48. The number of aliphatic hydroxyl groups is 6. The van der Waals surface area contributed by atoms with Crippen molar-refractivity contribution in [2.45, 2.75) is 68.3 Å². The predicted octanol–water partition coefficient (Wildman–Crippen LogP) is -1.68. The molecule has 0 saturated carbocycles. The summed E-state index contributed by atoms with van der Waals surface area (Å²) in [6, 6.07) is 4.27. The van der Waals surface area contributed by atoms with Gasteiger partial charge in [-0.2, -0.15) is 0 Å². The molecular formula is C28H32O17. The number of methoxy groups -OCH3 is 1. The number of hydrogen-bond donors (Lipinski definition) is 10. The molecule has 246 valence electrons. The third-order valence-corrected chi connectivity index (χ3v) is 7.63. The van der Waals surface area contributed by atoms with Crippen LogP contribution in [-0.2, 0) is 14.2 Å². The second kappa shape index (κ2) is 12.5. The number of benzene rings is 2. The highest BCUT2D eigenvalue weighted by Crippen LogP contribution is 2.44. The van der Waals surface area contributed by atoms with Crippen LogP contribution in [0.4, 0.5) is 0 Å². The molecule has 2 fully saturated rings. The van der Waals surface area contributed by atoms with E-state index in [0.29, 0.717) is 0 Å². The monoisotopic (exact) mass is 640 g/mol. The van der Waals surface area contributed by atoms with Crippen LogP contribution in [0.3, 0.4) is 0 Å². The average Bonchev–Trinajstić information content (AvgIpc) is 3.00. The summed E-state index contributed by atoms with van der Waals surface area (Å²) in [6.45, 7) is 0.797. The summed E-state index contributed by atoms with van der Waals surface area (Å²) in [7, 11) is 1.12. The van der Waals surface area contributed by atoms with Crippen LogP contribution in [0.5, 0.6) is 34.5 Å². The van der Waals surface area contributed by atoms with E-state index in [1.165, 1.54) is 13.0 Å². The summed E-state index contributed by atoms with van der Waals surface area (Å²) in [5.41, 5.74) is -1.50. The molecule has 10 atom stereocenters. The van der Waals surface area contributed by atoms with Crippen LogP contribution in [0.25, 0.3) is 22.3 Å². The average molecular weight is 641 g/mol. The van der Waals surface area contributed by atoms with Crippen LogP contribution in [0.2, 0.25) is 0 Å². The van der Waals surface area contributed by atoms with E-state index in [1.807, 2.05) is 0 Å². The van der Waals surface area contributed by atoms with Gasteiger partial charge < -0.3 is 79.2 Å². The molecule has 0 amide bonds. The van der Waals surface area contributed by atoms with Crippen molar-refractivity contribution in [3.8, 4) is 45.8 Å². The van der Waals surface area contributed by atoms with Gasteiger partial charge in [0.25, 0.3) is 0 Å². The summed E-state index contributed by atoms with van der Waals surface area (Å²) in [5.74, 6) is -4.20. The van der Waals surface area contributed by atoms with Crippen molar-refractivity contribution in [2.24, 2.45) is 0 Å². The van der Waals surface area contributed by atoms with Gasteiger partial charge in [-0.15, -0.1) is 0 Å². The number of phenolic OH excluding ortho intramolecular Hbond substituents is 4. The first-order chi connectivity index (χ1) is 21.2. The molecule has 10 N–H and O–H groups in total. The maximum absolute atomic E-state index is 13.8. The molecule has 0 spiro atoms. The highest BCUT2D eigenvalue weighted by atomic mass is 16.7. The molecule has 0 radical (unpaired) electrons. The molecule has 45 heavy (non-hydrogen) atoms. The van der Waals surface area contributed by atoms with E-state index in [2.05, 4.69) is 0 Å². The van der Waals surface area contributed by atoms with Crippen LogP contribution in [-0.4, -0.2) is 126 Å².